The van der Waals surface area contributed by atoms with Gasteiger partial charge in [-0.25, -0.2) is 4.79 Å². The molecule has 0 atom stereocenters. The molecule has 0 saturated heterocycles. The Balaban J connectivity index is 2.00. The maximum absolute atomic E-state index is 11.1. The number of methoxy groups -OCH3 is 1. The number of carbonyl (C=O) groups is 1. The quantitative estimate of drug-likeness (QED) is 0.403. The zero-order chi connectivity index (χ0) is 13.1. The molecule has 0 aliphatic rings. The molecule has 0 radical (unpaired) electrons. The Morgan fingerprint density at radius 2 is 1.83 bits per heavy atom. The summed E-state index contributed by atoms with van der Waals surface area (Å²) < 4.78 is 19.3. The van der Waals surface area contributed by atoms with Gasteiger partial charge in [-0.3, -0.25) is 0 Å². The van der Waals surface area contributed by atoms with E-state index in [1.54, 1.807) is 7.11 Å². The molecule has 18 heavy (non-hydrogen) atoms. The van der Waals surface area contributed by atoms with Gasteiger partial charge in [-0.15, -0.1) is 0 Å². The van der Waals surface area contributed by atoms with Crippen LogP contribution in [-0.2, 0) is 25.4 Å². The van der Waals surface area contributed by atoms with Crippen molar-refractivity contribution in [3.05, 3.63) is 35.9 Å². The average Bonchev–Trinajstić information content (AvgIpc) is 2.40. The first kappa shape index (κ1) is 14.5. The van der Waals surface area contributed by atoms with Crippen LogP contribution in [0.1, 0.15) is 5.56 Å². The van der Waals surface area contributed by atoms with E-state index in [1.165, 1.54) is 0 Å². The van der Waals surface area contributed by atoms with Gasteiger partial charge in [-0.1, -0.05) is 30.3 Å². The Morgan fingerprint density at radius 3 is 2.56 bits per heavy atom. The fourth-order valence-electron chi connectivity index (χ4n) is 1.23. The molecule has 0 aromatic heterocycles. The predicted octanol–water partition coefficient (Wildman–Crippen LogP) is 2.00. The SMILES string of the molecule is COCCOCOC(=O)OCCc1ccccc1. The van der Waals surface area contributed by atoms with E-state index in [9.17, 15) is 4.79 Å². The molecule has 0 aliphatic carbocycles. The highest BCUT2D eigenvalue weighted by molar-refractivity contribution is 5.59. The van der Waals surface area contributed by atoms with Gasteiger partial charge in [0, 0.05) is 13.5 Å². The summed E-state index contributed by atoms with van der Waals surface area (Å²) in [5, 5.41) is 0. The second-order valence-electron chi connectivity index (χ2n) is 3.50. The lowest BCUT2D eigenvalue weighted by atomic mass is 10.2. The summed E-state index contributed by atoms with van der Waals surface area (Å²) >= 11 is 0. The maximum atomic E-state index is 11.1. The van der Waals surface area contributed by atoms with E-state index in [0.29, 0.717) is 26.2 Å². The molecule has 0 amide bonds. The van der Waals surface area contributed by atoms with Crippen LogP contribution in [0.2, 0.25) is 0 Å². The summed E-state index contributed by atoms with van der Waals surface area (Å²) in [7, 11) is 1.57. The first-order chi connectivity index (χ1) is 8.83. The highest BCUT2D eigenvalue weighted by Crippen LogP contribution is 2.00. The summed E-state index contributed by atoms with van der Waals surface area (Å²) in [6.07, 6.45) is -0.0520. The van der Waals surface area contributed by atoms with Crippen LogP contribution < -0.4 is 0 Å². The minimum atomic E-state index is -0.719. The number of rotatable bonds is 8. The van der Waals surface area contributed by atoms with Gasteiger partial charge in [0.25, 0.3) is 0 Å². The van der Waals surface area contributed by atoms with Crippen molar-refractivity contribution in [3.8, 4) is 0 Å². The van der Waals surface area contributed by atoms with Gasteiger partial charge in [-0.05, 0) is 5.56 Å². The third-order valence-corrected chi connectivity index (χ3v) is 2.15. The van der Waals surface area contributed by atoms with Gasteiger partial charge in [0.15, 0.2) is 6.79 Å². The van der Waals surface area contributed by atoms with Crippen molar-refractivity contribution in [2.75, 3.05) is 33.7 Å². The van der Waals surface area contributed by atoms with Crippen LogP contribution in [0, 0.1) is 0 Å². The number of hydrogen-bond acceptors (Lipinski definition) is 5. The molecule has 0 spiro atoms. The van der Waals surface area contributed by atoms with Crippen LogP contribution in [0.4, 0.5) is 4.79 Å². The van der Waals surface area contributed by atoms with Gasteiger partial charge >= 0.3 is 6.16 Å². The van der Waals surface area contributed by atoms with E-state index >= 15 is 0 Å². The lowest BCUT2D eigenvalue weighted by Crippen LogP contribution is -2.13. The van der Waals surface area contributed by atoms with Crippen molar-refractivity contribution in [3.63, 3.8) is 0 Å². The van der Waals surface area contributed by atoms with Gasteiger partial charge < -0.3 is 18.9 Å². The number of carbonyl (C=O) groups excluding carboxylic acids is 1. The Labute approximate surface area is 107 Å². The lowest BCUT2D eigenvalue weighted by molar-refractivity contribution is -0.0553. The minimum absolute atomic E-state index is 0.118. The molecule has 0 aliphatic heterocycles. The number of benzene rings is 1. The fourth-order valence-corrected chi connectivity index (χ4v) is 1.23. The Morgan fingerprint density at radius 1 is 1.06 bits per heavy atom. The summed E-state index contributed by atoms with van der Waals surface area (Å²) in [5.74, 6) is 0. The molecule has 1 aromatic carbocycles. The standard InChI is InChI=1S/C13H18O5/c1-15-9-10-16-11-18-13(14)17-8-7-12-5-3-2-4-6-12/h2-6H,7-11H2,1H3. The molecule has 1 aromatic rings. The maximum Gasteiger partial charge on any atom is 0.510 e. The molecular weight excluding hydrogens is 236 g/mol. The summed E-state index contributed by atoms with van der Waals surface area (Å²) in [6, 6.07) is 9.77. The molecule has 0 fully saturated rings. The van der Waals surface area contributed by atoms with Gasteiger partial charge in [0.2, 0.25) is 0 Å². The van der Waals surface area contributed by atoms with Crippen LogP contribution in [0.5, 0.6) is 0 Å². The molecule has 0 heterocycles. The number of hydrogen-bond donors (Lipinski definition) is 0. The largest absolute Gasteiger partial charge is 0.510 e. The van der Waals surface area contributed by atoms with Crippen molar-refractivity contribution in [2.45, 2.75) is 6.42 Å². The van der Waals surface area contributed by atoms with E-state index < -0.39 is 6.16 Å². The first-order valence-electron chi connectivity index (χ1n) is 5.73. The number of ether oxygens (including phenoxy) is 4. The summed E-state index contributed by atoms with van der Waals surface area (Å²) in [5.41, 5.74) is 1.11. The first-order valence-corrected chi connectivity index (χ1v) is 5.73. The zero-order valence-electron chi connectivity index (χ0n) is 10.5. The minimum Gasteiger partial charge on any atom is -0.434 e. The van der Waals surface area contributed by atoms with Gasteiger partial charge in [0.1, 0.15) is 0 Å². The molecule has 5 heteroatoms. The molecule has 5 nitrogen and oxygen atoms in total. The van der Waals surface area contributed by atoms with Gasteiger partial charge in [0.05, 0.1) is 19.8 Å². The van der Waals surface area contributed by atoms with Crippen molar-refractivity contribution in [1.82, 2.24) is 0 Å². The van der Waals surface area contributed by atoms with Crippen LogP contribution in [0.15, 0.2) is 30.3 Å². The smallest absolute Gasteiger partial charge is 0.434 e. The molecule has 1 rings (SSSR count). The van der Waals surface area contributed by atoms with Gasteiger partial charge in [-0.2, -0.15) is 0 Å². The molecule has 0 bridgehead atoms. The monoisotopic (exact) mass is 254 g/mol. The molecule has 0 saturated carbocycles. The third kappa shape index (κ3) is 6.88. The van der Waals surface area contributed by atoms with E-state index in [-0.39, 0.29) is 6.79 Å². The normalized spacial score (nSPS) is 10.1. The predicted molar refractivity (Wildman–Crippen MR) is 65.3 cm³/mol. The van der Waals surface area contributed by atoms with E-state index in [4.69, 9.17) is 14.2 Å². The van der Waals surface area contributed by atoms with Crippen molar-refractivity contribution in [1.29, 1.82) is 0 Å². The van der Waals surface area contributed by atoms with Crippen LogP contribution in [-0.4, -0.2) is 39.9 Å². The second-order valence-corrected chi connectivity index (χ2v) is 3.50. The second kappa shape index (κ2) is 9.44. The topological polar surface area (TPSA) is 54.0 Å². The average molecular weight is 254 g/mol. The highest BCUT2D eigenvalue weighted by Gasteiger charge is 2.03. The zero-order valence-corrected chi connectivity index (χ0v) is 10.5. The molecule has 0 N–H and O–H groups in total. The van der Waals surface area contributed by atoms with Crippen LogP contribution in [0.3, 0.4) is 0 Å². The van der Waals surface area contributed by atoms with Crippen molar-refractivity contribution >= 4 is 6.16 Å². The van der Waals surface area contributed by atoms with Crippen LogP contribution >= 0.6 is 0 Å². The van der Waals surface area contributed by atoms with Crippen molar-refractivity contribution in [2.24, 2.45) is 0 Å². The van der Waals surface area contributed by atoms with E-state index in [0.717, 1.165) is 5.56 Å². The Hall–Kier alpha value is -1.59. The lowest BCUT2D eigenvalue weighted by Gasteiger charge is -2.06. The molecule has 100 valence electrons. The fraction of sp³-hybridized carbons (Fsp3) is 0.462. The summed E-state index contributed by atoms with van der Waals surface area (Å²) in [6.45, 7) is 1.02. The molecule has 0 unspecified atom stereocenters. The Bertz CT molecular complexity index is 325. The van der Waals surface area contributed by atoms with E-state index in [2.05, 4.69) is 4.74 Å². The Kier molecular flexibility index (Phi) is 7.59. The molecular formula is C13H18O5. The van der Waals surface area contributed by atoms with Crippen molar-refractivity contribution < 1.29 is 23.7 Å². The van der Waals surface area contributed by atoms with Crippen LogP contribution in [0.25, 0.3) is 0 Å². The third-order valence-electron chi connectivity index (χ3n) is 2.15. The highest BCUT2D eigenvalue weighted by atomic mass is 16.8. The summed E-state index contributed by atoms with van der Waals surface area (Å²) in [4.78, 5) is 11.1. The van der Waals surface area contributed by atoms with E-state index in [1.807, 2.05) is 30.3 Å².